The van der Waals surface area contributed by atoms with Gasteiger partial charge in [-0.3, -0.25) is 0 Å². The average molecular weight is 408 g/mol. The van der Waals surface area contributed by atoms with Gasteiger partial charge in [0.05, 0.1) is 4.47 Å². The summed E-state index contributed by atoms with van der Waals surface area (Å²) in [5, 5.41) is 0. The third-order valence-corrected chi connectivity index (χ3v) is 3.49. The molecule has 0 saturated heterocycles. The first-order chi connectivity index (χ1) is 9.56. The molecule has 2 rings (SSSR count). The molecule has 0 unspecified atom stereocenters. The van der Waals surface area contributed by atoms with Crippen LogP contribution >= 0.6 is 31.9 Å². The van der Waals surface area contributed by atoms with Crippen molar-refractivity contribution in [3.05, 3.63) is 57.0 Å². The maximum absolute atomic E-state index is 13.5. The number of benzene rings is 2. The van der Waals surface area contributed by atoms with Crippen molar-refractivity contribution in [2.45, 2.75) is 0 Å². The minimum absolute atomic E-state index is 0.0224. The van der Waals surface area contributed by atoms with Gasteiger partial charge in [-0.05, 0) is 46.3 Å². The Labute approximate surface area is 132 Å². The summed E-state index contributed by atoms with van der Waals surface area (Å²) in [6, 6.07) is 9.24. The van der Waals surface area contributed by atoms with Gasteiger partial charge in [0.1, 0.15) is 24.8 Å². The summed E-state index contributed by atoms with van der Waals surface area (Å²) in [6.07, 6.45) is 0. The molecule has 0 aliphatic rings. The number of hydrogen-bond donors (Lipinski definition) is 0. The third kappa shape index (κ3) is 4.18. The van der Waals surface area contributed by atoms with Crippen LogP contribution < -0.4 is 9.47 Å². The largest absolute Gasteiger partial charge is 0.490 e. The van der Waals surface area contributed by atoms with E-state index in [9.17, 15) is 8.78 Å². The van der Waals surface area contributed by atoms with Crippen LogP contribution in [0.4, 0.5) is 8.78 Å². The van der Waals surface area contributed by atoms with Crippen molar-refractivity contribution in [1.82, 2.24) is 0 Å². The van der Waals surface area contributed by atoms with E-state index in [1.54, 1.807) is 12.1 Å². The smallest absolute Gasteiger partial charge is 0.169 e. The Bertz CT molecular complexity index is 565. The van der Waals surface area contributed by atoms with Gasteiger partial charge in [0, 0.05) is 10.5 Å². The number of rotatable bonds is 5. The van der Waals surface area contributed by atoms with Crippen molar-refractivity contribution in [3.63, 3.8) is 0 Å². The Hall–Kier alpha value is -1.14. The van der Waals surface area contributed by atoms with E-state index in [0.717, 1.165) is 16.6 Å². The first-order valence-electron chi connectivity index (χ1n) is 5.72. The molecule has 106 valence electrons. The maximum atomic E-state index is 13.5. The fourth-order valence-electron chi connectivity index (χ4n) is 1.50. The summed E-state index contributed by atoms with van der Waals surface area (Å²) in [6.45, 7) is 0.405. The summed E-state index contributed by atoms with van der Waals surface area (Å²) in [7, 11) is 0. The second kappa shape index (κ2) is 7.04. The Morgan fingerprint density at radius 2 is 1.55 bits per heavy atom. The molecule has 2 nitrogen and oxygen atoms in total. The zero-order valence-corrected chi connectivity index (χ0v) is 13.4. The molecule has 2 aromatic rings. The van der Waals surface area contributed by atoms with Crippen molar-refractivity contribution < 1.29 is 18.3 Å². The van der Waals surface area contributed by atoms with Crippen LogP contribution in [0.3, 0.4) is 0 Å². The van der Waals surface area contributed by atoms with E-state index >= 15 is 0 Å². The van der Waals surface area contributed by atoms with Gasteiger partial charge in [-0.15, -0.1) is 0 Å². The van der Waals surface area contributed by atoms with E-state index in [0.29, 0.717) is 5.75 Å². The number of ether oxygens (including phenoxy) is 2. The molecule has 0 spiro atoms. The highest BCUT2D eigenvalue weighted by atomic mass is 79.9. The van der Waals surface area contributed by atoms with Crippen LogP contribution in [-0.2, 0) is 0 Å². The van der Waals surface area contributed by atoms with Gasteiger partial charge in [0.15, 0.2) is 11.6 Å². The predicted octanol–water partition coefficient (Wildman–Crippen LogP) is 4.95. The van der Waals surface area contributed by atoms with Gasteiger partial charge in [-0.1, -0.05) is 15.9 Å². The highest BCUT2D eigenvalue weighted by Crippen LogP contribution is 2.29. The molecule has 0 atom stereocenters. The lowest BCUT2D eigenvalue weighted by molar-refractivity contribution is 0.210. The lowest BCUT2D eigenvalue weighted by Crippen LogP contribution is -2.10. The van der Waals surface area contributed by atoms with Gasteiger partial charge in [0.2, 0.25) is 0 Å². The molecule has 6 heteroatoms. The molecule has 2 aromatic carbocycles. The van der Waals surface area contributed by atoms with Crippen LogP contribution in [0.5, 0.6) is 11.5 Å². The van der Waals surface area contributed by atoms with Crippen molar-refractivity contribution in [3.8, 4) is 11.5 Å². The molecule has 0 bridgehead atoms. The van der Waals surface area contributed by atoms with Gasteiger partial charge >= 0.3 is 0 Å². The second-order valence-corrected chi connectivity index (χ2v) is 5.62. The van der Waals surface area contributed by atoms with Crippen LogP contribution in [0.2, 0.25) is 0 Å². The van der Waals surface area contributed by atoms with Crippen molar-refractivity contribution in [1.29, 1.82) is 0 Å². The molecule has 0 heterocycles. The fraction of sp³-hybridized carbons (Fsp3) is 0.143. The lowest BCUT2D eigenvalue weighted by atomic mass is 10.3. The van der Waals surface area contributed by atoms with Crippen molar-refractivity contribution in [2.75, 3.05) is 13.2 Å². The van der Waals surface area contributed by atoms with E-state index in [1.165, 1.54) is 0 Å². The lowest BCUT2D eigenvalue weighted by Gasteiger charge is -2.10. The molecule has 0 saturated carbocycles. The van der Waals surface area contributed by atoms with Gasteiger partial charge in [-0.25, -0.2) is 8.78 Å². The van der Waals surface area contributed by atoms with E-state index in [1.807, 2.05) is 12.1 Å². The van der Waals surface area contributed by atoms with Crippen LogP contribution in [0.25, 0.3) is 0 Å². The zero-order valence-electron chi connectivity index (χ0n) is 10.2. The molecule has 0 aliphatic carbocycles. The Morgan fingerprint density at radius 3 is 2.20 bits per heavy atom. The van der Waals surface area contributed by atoms with E-state index in [4.69, 9.17) is 9.47 Å². The second-order valence-electron chi connectivity index (χ2n) is 3.85. The molecule has 0 aromatic heterocycles. The summed E-state index contributed by atoms with van der Waals surface area (Å²) < 4.78 is 38.2. The molecular formula is C14H10Br2F2O2. The fourth-order valence-corrected chi connectivity index (χ4v) is 2.29. The molecule has 20 heavy (non-hydrogen) atoms. The summed E-state index contributed by atoms with van der Waals surface area (Å²) >= 11 is 6.37. The molecule has 0 radical (unpaired) electrons. The Kier molecular flexibility index (Phi) is 5.37. The molecule has 0 aliphatic heterocycles. The SMILES string of the molecule is Fc1cc(F)c(OCCOc2ccc(Br)cc2)c(Br)c1. The third-order valence-electron chi connectivity index (χ3n) is 2.38. The summed E-state index contributed by atoms with van der Waals surface area (Å²) in [5.74, 6) is -0.741. The van der Waals surface area contributed by atoms with Crippen molar-refractivity contribution in [2.24, 2.45) is 0 Å². The van der Waals surface area contributed by atoms with Crippen LogP contribution in [-0.4, -0.2) is 13.2 Å². The van der Waals surface area contributed by atoms with E-state index in [-0.39, 0.29) is 23.4 Å². The van der Waals surface area contributed by atoms with Gasteiger partial charge in [-0.2, -0.15) is 0 Å². The average Bonchev–Trinajstić information content (AvgIpc) is 2.39. The minimum atomic E-state index is -0.750. The minimum Gasteiger partial charge on any atom is -0.490 e. The van der Waals surface area contributed by atoms with Gasteiger partial charge in [0.25, 0.3) is 0 Å². The molecule has 0 fully saturated rings. The monoisotopic (exact) mass is 406 g/mol. The Balaban J connectivity index is 1.86. The quantitative estimate of drug-likeness (QED) is 0.653. The highest BCUT2D eigenvalue weighted by Gasteiger charge is 2.10. The van der Waals surface area contributed by atoms with E-state index in [2.05, 4.69) is 31.9 Å². The number of halogens is 4. The van der Waals surface area contributed by atoms with Crippen molar-refractivity contribution >= 4 is 31.9 Å². The molecule has 0 N–H and O–H groups in total. The summed E-state index contributed by atoms with van der Waals surface area (Å²) in [4.78, 5) is 0. The normalized spacial score (nSPS) is 10.4. The Morgan fingerprint density at radius 1 is 0.900 bits per heavy atom. The topological polar surface area (TPSA) is 18.5 Å². The first kappa shape index (κ1) is 15.3. The first-order valence-corrected chi connectivity index (χ1v) is 7.30. The van der Waals surface area contributed by atoms with Gasteiger partial charge < -0.3 is 9.47 Å². The van der Waals surface area contributed by atoms with Crippen LogP contribution in [0.1, 0.15) is 0 Å². The maximum Gasteiger partial charge on any atom is 0.169 e. The predicted molar refractivity (Wildman–Crippen MR) is 79.2 cm³/mol. The zero-order chi connectivity index (χ0) is 14.5. The molecule has 0 amide bonds. The van der Waals surface area contributed by atoms with Crippen LogP contribution in [0, 0.1) is 11.6 Å². The number of hydrogen-bond acceptors (Lipinski definition) is 2. The van der Waals surface area contributed by atoms with Crippen LogP contribution in [0.15, 0.2) is 45.3 Å². The highest BCUT2D eigenvalue weighted by molar-refractivity contribution is 9.10. The standard InChI is InChI=1S/C14H10Br2F2O2/c15-9-1-3-11(4-2-9)19-5-6-20-14-12(16)7-10(17)8-13(14)18/h1-4,7-8H,5-6H2. The van der Waals surface area contributed by atoms with E-state index < -0.39 is 11.6 Å². The summed E-state index contributed by atoms with van der Waals surface area (Å²) in [5.41, 5.74) is 0. The molecular weight excluding hydrogens is 398 g/mol.